The summed E-state index contributed by atoms with van der Waals surface area (Å²) in [7, 11) is 0. The molecule has 18 heavy (non-hydrogen) atoms. The Morgan fingerprint density at radius 3 is 2.39 bits per heavy atom. The first-order chi connectivity index (χ1) is 8.20. The van der Waals surface area contributed by atoms with Crippen LogP contribution in [0.1, 0.15) is 33.6 Å². The average Bonchev–Trinajstić information content (AvgIpc) is 2.69. The van der Waals surface area contributed by atoms with Crippen molar-refractivity contribution < 1.29 is 24.2 Å². The van der Waals surface area contributed by atoms with Crippen LogP contribution in [0.4, 0.5) is 0 Å². The number of hydrogen-bond acceptors (Lipinski definition) is 4. The second-order valence-corrected chi connectivity index (χ2v) is 6.20. The Bertz CT molecular complexity index is 406. The number of ketones is 1. The van der Waals surface area contributed by atoms with E-state index >= 15 is 0 Å². The molecule has 0 aromatic carbocycles. The van der Waals surface area contributed by atoms with Crippen LogP contribution in [0.25, 0.3) is 0 Å². The molecular formula is C13H18O5. The number of esters is 1. The summed E-state index contributed by atoms with van der Waals surface area (Å²) in [6, 6.07) is 0. The lowest BCUT2D eigenvalue weighted by Crippen LogP contribution is -2.41. The zero-order valence-electron chi connectivity index (χ0n) is 10.8. The van der Waals surface area contributed by atoms with E-state index in [1.807, 2.05) is 0 Å². The van der Waals surface area contributed by atoms with Crippen LogP contribution in [-0.4, -0.2) is 28.4 Å². The smallest absolute Gasteiger partial charge is 0.310 e. The Morgan fingerprint density at radius 1 is 1.28 bits per heavy atom. The molecule has 0 radical (unpaired) electrons. The molecule has 0 amide bonds. The van der Waals surface area contributed by atoms with Gasteiger partial charge < -0.3 is 9.84 Å². The normalized spacial score (nSPS) is 34.7. The van der Waals surface area contributed by atoms with Crippen LogP contribution in [0.2, 0.25) is 0 Å². The summed E-state index contributed by atoms with van der Waals surface area (Å²) >= 11 is 0. The molecule has 2 saturated carbocycles. The van der Waals surface area contributed by atoms with Gasteiger partial charge in [-0.2, -0.15) is 0 Å². The lowest BCUT2D eigenvalue weighted by molar-refractivity contribution is -0.169. The molecule has 0 heterocycles. The van der Waals surface area contributed by atoms with Gasteiger partial charge in [-0.25, -0.2) is 0 Å². The quantitative estimate of drug-likeness (QED) is 0.750. The minimum absolute atomic E-state index is 0.0211. The zero-order valence-corrected chi connectivity index (χ0v) is 10.8. The number of ether oxygens (including phenoxy) is 1. The lowest BCUT2D eigenvalue weighted by Gasteiger charge is -2.29. The van der Waals surface area contributed by atoms with Crippen LogP contribution in [0.5, 0.6) is 0 Å². The van der Waals surface area contributed by atoms with Crippen molar-refractivity contribution in [1.29, 1.82) is 0 Å². The molecule has 2 aliphatic carbocycles. The molecule has 0 saturated heterocycles. The first kappa shape index (κ1) is 13.1. The molecule has 4 unspecified atom stereocenters. The molecule has 4 atom stereocenters. The van der Waals surface area contributed by atoms with Gasteiger partial charge in [0.2, 0.25) is 0 Å². The fraction of sp³-hybridized carbons (Fsp3) is 0.769. The third-order valence-corrected chi connectivity index (χ3v) is 3.73. The lowest BCUT2D eigenvalue weighted by atomic mass is 9.78. The van der Waals surface area contributed by atoms with Crippen molar-refractivity contribution in [2.45, 2.75) is 39.2 Å². The highest BCUT2D eigenvalue weighted by molar-refractivity contribution is 5.94. The van der Waals surface area contributed by atoms with E-state index in [1.165, 1.54) is 0 Å². The van der Waals surface area contributed by atoms with Gasteiger partial charge in [0.25, 0.3) is 0 Å². The van der Waals surface area contributed by atoms with Gasteiger partial charge in [0.05, 0.1) is 11.8 Å². The van der Waals surface area contributed by atoms with Crippen molar-refractivity contribution >= 4 is 17.7 Å². The summed E-state index contributed by atoms with van der Waals surface area (Å²) in [6.45, 7) is 5.25. The molecule has 0 aliphatic heterocycles. The van der Waals surface area contributed by atoms with Gasteiger partial charge in [0.1, 0.15) is 11.4 Å². The summed E-state index contributed by atoms with van der Waals surface area (Å²) < 4.78 is 5.28. The van der Waals surface area contributed by atoms with Crippen LogP contribution in [0.3, 0.4) is 0 Å². The predicted octanol–water partition coefficient (Wildman–Crippen LogP) is 1.25. The van der Waals surface area contributed by atoms with E-state index in [2.05, 4.69) is 0 Å². The van der Waals surface area contributed by atoms with Crippen molar-refractivity contribution in [2.24, 2.45) is 23.7 Å². The molecule has 100 valence electrons. The van der Waals surface area contributed by atoms with Crippen LogP contribution in [0, 0.1) is 23.7 Å². The van der Waals surface area contributed by atoms with Gasteiger partial charge in [-0.3, -0.25) is 14.4 Å². The Kier molecular flexibility index (Phi) is 2.95. The van der Waals surface area contributed by atoms with Crippen molar-refractivity contribution in [2.75, 3.05) is 0 Å². The predicted molar refractivity (Wildman–Crippen MR) is 61.7 cm³/mol. The number of fused-ring (bicyclic) bond motifs is 2. The van der Waals surface area contributed by atoms with Gasteiger partial charge >= 0.3 is 11.9 Å². The van der Waals surface area contributed by atoms with Gasteiger partial charge in [-0.05, 0) is 33.1 Å². The maximum atomic E-state index is 12.1. The number of aliphatic carboxylic acids is 1. The van der Waals surface area contributed by atoms with E-state index in [0.29, 0.717) is 12.8 Å². The van der Waals surface area contributed by atoms with E-state index in [9.17, 15) is 19.5 Å². The molecule has 2 aliphatic rings. The van der Waals surface area contributed by atoms with E-state index in [-0.39, 0.29) is 11.7 Å². The van der Waals surface area contributed by atoms with Crippen molar-refractivity contribution in [3.05, 3.63) is 0 Å². The third-order valence-electron chi connectivity index (χ3n) is 3.73. The minimum Gasteiger partial charge on any atom is -0.481 e. The second kappa shape index (κ2) is 4.07. The highest BCUT2D eigenvalue weighted by Crippen LogP contribution is 2.51. The Balaban J connectivity index is 2.20. The van der Waals surface area contributed by atoms with Gasteiger partial charge in [-0.15, -0.1) is 0 Å². The highest BCUT2D eigenvalue weighted by atomic mass is 16.6. The summed E-state index contributed by atoms with van der Waals surface area (Å²) in [4.78, 5) is 34.9. The zero-order chi connectivity index (χ0) is 13.7. The molecule has 0 aromatic heterocycles. The van der Waals surface area contributed by atoms with E-state index in [0.717, 1.165) is 0 Å². The molecule has 2 fully saturated rings. The number of carbonyl (C=O) groups excluding carboxylic acids is 2. The van der Waals surface area contributed by atoms with Crippen molar-refractivity contribution in [3.8, 4) is 0 Å². The molecule has 2 rings (SSSR count). The number of Topliss-reactive ketones (excluding diaryl/α,β-unsaturated/α-hetero) is 1. The molecule has 5 heteroatoms. The Morgan fingerprint density at radius 2 is 1.89 bits per heavy atom. The van der Waals surface area contributed by atoms with Crippen molar-refractivity contribution in [3.63, 3.8) is 0 Å². The summed E-state index contributed by atoms with van der Waals surface area (Å²) in [5, 5.41) is 9.21. The van der Waals surface area contributed by atoms with Crippen LogP contribution >= 0.6 is 0 Å². The maximum absolute atomic E-state index is 12.1. The molecule has 1 N–H and O–H groups in total. The summed E-state index contributed by atoms with van der Waals surface area (Å²) in [5.41, 5.74) is -0.633. The minimum atomic E-state index is -1.06. The second-order valence-electron chi connectivity index (χ2n) is 6.20. The molecule has 0 aromatic rings. The first-order valence-electron chi connectivity index (χ1n) is 6.19. The molecule has 0 spiro atoms. The largest absolute Gasteiger partial charge is 0.481 e. The van der Waals surface area contributed by atoms with E-state index < -0.39 is 35.3 Å². The van der Waals surface area contributed by atoms with Crippen LogP contribution in [-0.2, 0) is 19.1 Å². The van der Waals surface area contributed by atoms with E-state index in [1.54, 1.807) is 20.8 Å². The molecule has 5 nitrogen and oxygen atoms in total. The van der Waals surface area contributed by atoms with E-state index in [4.69, 9.17) is 4.74 Å². The number of carbonyl (C=O) groups is 3. The monoisotopic (exact) mass is 254 g/mol. The van der Waals surface area contributed by atoms with Gasteiger partial charge in [0, 0.05) is 12.3 Å². The fourth-order valence-corrected chi connectivity index (χ4v) is 3.15. The Labute approximate surface area is 105 Å². The standard InChI is InChI=1S/C13H18O5/c1-13(2,3)18-12(17)9-6-4-7(8(14)5-6)10(9)11(15)16/h6-7,9-10H,4-5H2,1-3H3,(H,15,16). The van der Waals surface area contributed by atoms with Crippen molar-refractivity contribution in [1.82, 2.24) is 0 Å². The number of hydrogen-bond donors (Lipinski definition) is 1. The fourth-order valence-electron chi connectivity index (χ4n) is 3.15. The first-order valence-corrected chi connectivity index (χ1v) is 6.19. The average molecular weight is 254 g/mol. The third kappa shape index (κ3) is 2.13. The van der Waals surface area contributed by atoms with Gasteiger partial charge in [-0.1, -0.05) is 0 Å². The van der Waals surface area contributed by atoms with Gasteiger partial charge in [0.15, 0.2) is 0 Å². The number of carboxylic acid groups (broad SMARTS) is 1. The molecular weight excluding hydrogens is 236 g/mol. The summed E-state index contributed by atoms with van der Waals surface area (Å²) in [5.74, 6) is -3.77. The Hall–Kier alpha value is -1.39. The van der Waals surface area contributed by atoms with Crippen LogP contribution in [0.15, 0.2) is 0 Å². The molecule has 2 bridgehead atoms. The van der Waals surface area contributed by atoms with Crippen LogP contribution < -0.4 is 0 Å². The highest BCUT2D eigenvalue weighted by Gasteiger charge is 2.58. The summed E-state index contributed by atoms with van der Waals surface area (Å²) in [6.07, 6.45) is 0.831. The number of rotatable bonds is 2. The topological polar surface area (TPSA) is 80.7 Å². The maximum Gasteiger partial charge on any atom is 0.310 e. The number of carboxylic acids is 1. The SMILES string of the molecule is CC(C)(C)OC(=O)C1C2CC(=O)C(C2)C1C(=O)O.